The lowest BCUT2D eigenvalue weighted by Gasteiger charge is -2.09. The quantitative estimate of drug-likeness (QED) is 0.657. The van der Waals surface area contributed by atoms with E-state index in [9.17, 15) is 13.2 Å². The van der Waals surface area contributed by atoms with Gasteiger partial charge in [-0.25, -0.2) is 0 Å². The Morgan fingerprint density at radius 1 is 0.944 bits per heavy atom. The molecule has 0 bridgehead atoms. The Balaban J connectivity index is 2.41. The molecule has 2 rings (SSSR count). The molecule has 0 atom stereocenters. The van der Waals surface area contributed by atoms with E-state index in [2.05, 4.69) is 15.9 Å². The predicted molar refractivity (Wildman–Crippen MR) is 69.3 cm³/mol. The third-order valence-electron chi connectivity index (χ3n) is 2.71. The van der Waals surface area contributed by atoms with E-state index in [0.29, 0.717) is 0 Å². The minimum absolute atomic E-state index is 0.624. The zero-order chi connectivity index (χ0) is 13.3. The van der Waals surface area contributed by atoms with Crippen LogP contribution in [-0.2, 0) is 6.18 Å². The van der Waals surface area contributed by atoms with E-state index in [0.717, 1.165) is 33.3 Å². The van der Waals surface area contributed by atoms with Crippen LogP contribution in [-0.4, -0.2) is 0 Å². The molecule has 0 nitrogen and oxygen atoms in total. The van der Waals surface area contributed by atoms with E-state index in [1.165, 1.54) is 12.1 Å². The highest BCUT2D eigenvalue weighted by Crippen LogP contribution is 2.32. The number of aryl methyl sites for hydroxylation is 1. The molecule has 0 aromatic heterocycles. The minimum Gasteiger partial charge on any atom is -0.166 e. The Morgan fingerprint density at radius 2 is 1.56 bits per heavy atom. The Bertz CT molecular complexity index is 556. The number of hydrogen-bond donors (Lipinski definition) is 0. The molecule has 0 N–H and O–H groups in total. The normalized spacial score (nSPS) is 11.6. The van der Waals surface area contributed by atoms with Gasteiger partial charge in [0.2, 0.25) is 0 Å². The van der Waals surface area contributed by atoms with Crippen molar-refractivity contribution in [3.63, 3.8) is 0 Å². The molecule has 0 aliphatic rings. The fourth-order valence-corrected chi connectivity index (χ4v) is 2.27. The second-order valence-electron chi connectivity index (χ2n) is 4.03. The fraction of sp³-hybridized carbons (Fsp3) is 0.143. The number of hydrogen-bond acceptors (Lipinski definition) is 0. The van der Waals surface area contributed by atoms with Gasteiger partial charge in [0.1, 0.15) is 0 Å². The molecule has 0 radical (unpaired) electrons. The van der Waals surface area contributed by atoms with Crippen molar-refractivity contribution in [2.24, 2.45) is 0 Å². The summed E-state index contributed by atoms with van der Waals surface area (Å²) in [5, 5.41) is 0. The molecule has 94 valence electrons. The Hall–Kier alpha value is -1.29. The van der Waals surface area contributed by atoms with Crippen molar-refractivity contribution in [2.75, 3.05) is 0 Å². The average Bonchev–Trinajstić information content (AvgIpc) is 2.28. The highest BCUT2D eigenvalue weighted by molar-refractivity contribution is 9.10. The lowest BCUT2D eigenvalue weighted by molar-refractivity contribution is -0.137. The van der Waals surface area contributed by atoms with Gasteiger partial charge in [0.25, 0.3) is 0 Å². The van der Waals surface area contributed by atoms with Gasteiger partial charge in [-0.1, -0.05) is 34.1 Å². The summed E-state index contributed by atoms with van der Waals surface area (Å²) in [5.74, 6) is 0. The van der Waals surface area contributed by atoms with Gasteiger partial charge >= 0.3 is 6.18 Å². The number of alkyl halides is 3. The first kappa shape index (κ1) is 13.1. The van der Waals surface area contributed by atoms with E-state index in [4.69, 9.17) is 0 Å². The SMILES string of the molecule is Cc1cc(Br)ccc1-c1ccc(C(F)(F)F)cc1. The summed E-state index contributed by atoms with van der Waals surface area (Å²) in [6.45, 7) is 1.93. The highest BCUT2D eigenvalue weighted by atomic mass is 79.9. The molecular weight excluding hydrogens is 305 g/mol. The summed E-state index contributed by atoms with van der Waals surface area (Å²) < 4.78 is 38.3. The van der Waals surface area contributed by atoms with Crippen molar-refractivity contribution in [1.29, 1.82) is 0 Å². The summed E-state index contributed by atoms with van der Waals surface area (Å²) >= 11 is 3.36. The van der Waals surface area contributed by atoms with Crippen molar-refractivity contribution >= 4 is 15.9 Å². The number of halogens is 4. The smallest absolute Gasteiger partial charge is 0.166 e. The summed E-state index contributed by atoms with van der Waals surface area (Å²) in [6.07, 6.45) is -4.28. The molecule has 0 unspecified atom stereocenters. The van der Waals surface area contributed by atoms with Gasteiger partial charge in [-0.15, -0.1) is 0 Å². The molecule has 0 spiro atoms. The van der Waals surface area contributed by atoms with Gasteiger partial charge in [0, 0.05) is 4.47 Å². The molecule has 0 aliphatic carbocycles. The van der Waals surface area contributed by atoms with Crippen molar-refractivity contribution in [2.45, 2.75) is 13.1 Å². The summed E-state index contributed by atoms with van der Waals surface area (Å²) in [7, 11) is 0. The van der Waals surface area contributed by atoms with Crippen molar-refractivity contribution < 1.29 is 13.2 Å². The van der Waals surface area contributed by atoms with Gasteiger partial charge in [-0.05, 0) is 47.9 Å². The van der Waals surface area contributed by atoms with Gasteiger partial charge in [0.15, 0.2) is 0 Å². The molecule has 0 fully saturated rings. The molecule has 0 heterocycles. The fourth-order valence-electron chi connectivity index (χ4n) is 1.79. The maximum atomic E-state index is 12.4. The number of benzene rings is 2. The van der Waals surface area contributed by atoms with E-state index in [1.807, 2.05) is 25.1 Å². The Kier molecular flexibility index (Phi) is 3.48. The van der Waals surface area contributed by atoms with Crippen LogP contribution in [0.4, 0.5) is 13.2 Å². The highest BCUT2D eigenvalue weighted by Gasteiger charge is 2.29. The third kappa shape index (κ3) is 2.75. The molecule has 0 aliphatic heterocycles. The zero-order valence-electron chi connectivity index (χ0n) is 9.55. The molecule has 0 saturated heterocycles. The van der Waals surface area contributed by atoms with Crippen LogP contribution in [0.3, 0.4) is 0 Å². The van der Waals surface area contributed by atoms with Crippen LogP contribution in [0.1, 0.15) is 11.1 Å². The van der Waals surface area contributed by atoms with Crippen molar-refractivity contribution in [1.82, 2.24) is 0 Å². The first-order valence-electron chi connectivity index (χ1n) is 5.32. The van der Waals surface area contributed by atoms with Crippen LogP contribution in [0.15, 0.2) is 46.9 Å². The van der Waals surface area contributed by atoms with Crippen molar-refractivity contribution in [3.8, 4) is 11.1 Å². The topological polar surface area (TPSA) is 0 Å². The Morgan fingerprint density at radius 3 is 2.06 bits per heavy atom. The molecule has 0 saturated carbocycles. The van der Waals surface area contributed by atoms with E-state index >= 15 is 0 Å². The average molecular weight is 315 g/mol. The van der Waals surface area contributed by atoms with Crippen molar-refractivity contribution in [3.05, 3.63) is 58.1 Å². The van der Waals surface area contributed by atoms with Crippen LogP contribution in [0.2, 0.25) is 0 Å². The summed E-state index contributed by atoms with van der Waals surface area (Å²) in [5.41, 5.74) is 2.12. The predicted octanol–water partition coefficient (Wildman–Crippen LogP) is 5.44. The van der Waals surface area contributed by atoms with Crippen LogP contribution in [0, 0.1) is 6.92 Å². The first-order chi connectivity index (χ1) is 8.38. The number of rotatable bonds is 1. The molecule has 0 amide bonds. The third-order valence-corrected chi connectivity index (χ3v) is 3.20. The van der Waals surface area contributed by atoms with Gasteiger partial charge in [-0.3, -0.25) is 0 Å². The maximum Gasteiger partial charge on any atom is 0.416 e. The Labute approximate surface area is 112 Å². The monoisotopic (exact) mass is 314 g/mol. The summed E-state index contributed by atoms with van der Waals surface area (Å²) in [6, 6.07) is 10.9. The van der Waals surface area contributed by atoms with Crippen LogP contribution in [0.5, 0.6) is 0 Å². The summed E-state index contributed by atoms with van der Waals surface area (Å²) in [4.78, 5) is 0. The lowest BCUT2D eigenvalue weighted by Crippen LogP contribution is -2.04. The zero-order valence-corrected chi connectivity index (χ0v) is 11.1. The molecule has 4 heteroatoms. The maximum absolute atomic E-state index is 12.4. The molecular formula is C14H10BrF3. The van der Waals surface area contributed by atoms with Crippen LogP contribution in [0.25, 0.3) is 11.1 Å². The minimum atomic E-state index is -4.28. The van der Waals surface area contributed by atoms with Crippen LogP contribution < -0.4 is 0 Å². The largest absolute Gasteiger partial charge is 0.416 e. The molecule has 18 heavy (non-hydrogen) atoms. The second kappa shape index (κ2) is 4.76. The molecule has 2 aromatic rings. The van der Waals surface area contributed by atoms with Crippen LogP contribution >= 0.6 is 15.9 Å². The van der Waals surface area contributed by atoms with E-state index < -0.39 is 11.7 Å². The van der Waals surface area contributed by atoms with Gasteiger partial charge in [0.05, 0.1) is 5.56 Å². The molecule has 2 aromatic carbocycles. The standard InChI is InChI=1S/C14H10BrF3/c1-9-8-12(15)6-7-13(9)10-2-4-11(5-3-10)14(16,17)18/h2-8H,1H3. The first-order valence-corrected chi connectivity index (χ1v) is 6.11. The lowest BCUT2D eigenvalue weighted by atomic mass is 9.99. The van der Waals surface area contributed by atoms with E-state index in [1.54, 1.807) is 0 Å². The second-order valence-corrected chi connectivity index (χ2v) is 4.95. The van der Waals surface area contributed by atoms with Gasteiger partial charge < -0.3 is 0 Å². The van der Waals surface area contributed by atoms with Gasteiger partial charge in [-0.2, -0.15) is 13.2 Å². The van der Waals surface area contributed by atoms with E-state index in [-0.39, 0.29) is 0 Å².